The molecule has 64 heavy (non-hydrogen) atoms. The normalized spacial score (nSPS) is 23.8. The number of hydrogen-bond acceptors (Lipinski definition) is 11. The van der Waals surface area contributed by atoms with Gasteiger partial charge in [0.25, 0.3) is 0 Å². The summed E-state index contributed by atoms with van der Waals surface area (Å²) in [6.07, 6.45) is 4.33. The number of nitrogens with two attached hydrogens (primary N) is 1. The molecule has 1 aromatic heterocycles. The summed E-state index contributed by atoms with van der Waals surface area (Å²) in [6.45, 7) is 9.95. The second kappa shape index (κ2) is 17.2. The number of fused-ring (bicyclic) bond motifs is 6. The predicted octanol–water partition coefficient (Wildman–Crippen LogP) is 6.31. The number of aromatic amines is 1. The van der Waals surface area contributed by atoms with Gasteiger partial charge in [0.2, 0.25) is 11.8 Å². The fourth-order valence-electron chi connectivity index (χ4n) is 10.5. The highest BCUT2D eigenvalue weighted by atomic mass is 16.5. The lowest BCUT2D eigenvalue weighted by atomic mass is 9.90. The van der Waals surface area contributed by atoms with Gasteiger partial charge in [0.05, 0.1) is 37.8 Å². The SMILES string of the molecule is COC(=O)N[C@H](C(=O)N1C[C@@H](C)C[C@H]1C1=Nc2ccc3cc4c(cc3c2C1)OCc1cc(-c2cnc([C@]3(N)CC[C@H](C)N3C(=O)[C@@H](NC(=O)OC)C3CCOCC3)[nH]2)ccc1-4)C(C)C. The maximum Gasteiger partial charge on any atom is 0.407 e. The van der Waals surface area contributed by atoms with Gasteiger partial charge in [-0.05, 0) is 114 Å². The van der Waals surface area contributed by atoms with Gasteiger partial charge >= 0.3 is 12.2 Å². The van der Waals surface area contributed by atoms with Crippen LogP contribution < -0.4 is 21.1 Å². The van der Waals surface area contributed by atoms with E-state index in [1.807, 2.05) is 25.7 Å². The van der Waals surface area contributed by atoms with Crippen LogP contribution in [-0.4, -0.2) is 108 Å². The predicted molar refractivity (Wildman–Crippen MR) is 240 cm³/mol. The molecule has 3 saturated heterocycles. The first-order valence-electron chi connectivity index (χ1n) is 22.5. The van der Waals surface area contributed by atoms with Crippen LogP contribution >= 0.6 is 0 Å². The monoisotopic (exact) mass is 874 g/mol. The number of ether oxygens (including phenoxy) is 4. The number of hydrogen-bond donors (Lipinski definition) is 4. The molecule has 0 bridgehead atoms. The molecule has 0 saturated carbocycles. The summed E-state index contributed by atoms with van der Waals surface area (Å²) >= 11 is 0. The smallest absolute Gasteiger partial charge is 0.407 e. The van der Waals surface area contributed by atoms with Gasteiger partial charge in [0.15, 0.2) is 5.66 Å². The first-order chi connectivity index (χ1) is 30.8. The number of aliphatic imine (C=N–C) groups is 1. The lowest BCUT2D eigenvalue weighted by molar-refractivity contribution is -0.142. The fourth-order valence-corrected chi connectivity index (χ4v) is 10.5. The molecule has 0 aliphatic carbocycles. The standard InChI is InChI=1S/C48H58N8O8/c1-25(2)41(53-46(59)61-5)43(57)55-23-26(3)17-39(55)37-20-34-33-21-40-35(19-29(33)8-10-36(34)51-37)32-9-7-30(18-31(32)24-64-40)38-22-50-45(52-38)48(49)14-11-27(4)56(48)44(58)42(54-47(60)62-6)28-12-15-63-16-13-28/h7-10,18-19,21-22,25-28,39,41-42H,11-17,20,23-24,49H2,1-6H3,(H,50,52)(H,53,59)(H,54,60)/t26-,27-,39-,41-,42-,48-/m0/s1. The van der Waals surface area contributed by atoms with E-state index in [-0.39, 0.29) is 41.7 Å². The molecule has 0 radical (unpaired) electrons. The fraction of sp³-hybridized carbons (Fsp3) is 0.500. The van der Waals surface area contributed by atoms with Gasteiger partial charge in [-0.25, -0.2) is 14.6 Å². The average molecular weight is 875 g/mol. The van der Waals surface area contributed by atoms with Gasteiger partial charge in [-0.2, -0.15) is 0 Å². The Kier molecular flexibility index (Phi) is 11.6. The van der Waals surface area contributed by atoms with Gasteiger partial charge in [-0.15, -0.1) is 0 Å². The van der Waals surface area contributed by atoms with Crippen molar-refractivity contribution in [2.75, 3.05) is 34.0 Å². The highest BCUT2D eigenvalue weighted by molar-refractivity contribution is 6.06. The van der Waals surface area contributed by atoms with E-state index in [4.69, 9.17) is 34.7 Å². The summed E-state index contributed by atoms with van der Waals surface area (Å²) in [5.74, 6) is 0.943. The van der Waals surface area contributed by atoms with Crippen LogP contribution in [0.2, 0.25) is 0 Å². The third-order valence-corrected chi connectivity index (χ3v) is 14.0. The molecule has 3 aromatic carbocycles. The van der Waals surface area contributed by atoms with E-state index in [0.29, 0.717) is 64.3 Å². The Balaban J connectivity index is 0.945. The average Bonchev–Trinajstić information content (AvgIpc) is 4.12. The van der Waals surface area contributed by atoms with Crippen molar-refractivity contribution in [2.45, 2.75) is 103 Å². The maximum atomic E-state index is 14.4. The van der Waals surface area contributed by atoms with E-state index in [9.17, 15) is 19.2 Å². The van der Waals surface area contributed by atoms with E-state index in [2.05, 4.69) is 65.0 Å². The van der Waals surface area contributed by atoms with Crippen LogP contribution in [0.15, 0.2) is 53.7 Å². The molecule has 3 fully saturated rings. The number of benzene rings is 3. The summed E-state index contributed by atoms with van der Waals surface area (Å²) in [6, 6.07) is 12.9. The lowest BCUT2D eigenvalue weighted by Gasteiger charge is -2.40. The van der Waals surface area contributed by atoms with E-state index < -0.39 is 29.9 Å². The van der Waals surface area contributed by atoms with E-state index in [1.165, 1.54) is 14.2 Å². The molecular weight excluding hydrogens is 817 g/mol. The van der Waals surface area contributed by atoms with Crippen LogP contribution in [0.3, 0.4) is 0 Å². The number of alkyl carbamates (subject to hydrolysis) is 2. The van der Waals surface area contributed by atoms with Crippen molar-refractivity contribution in [1.82, 2.24) is 30.4 Å². The summed E-state index contributed by atoms with van der Waals surface area (Å²) in [7, 11) is 2.59. The van der Waals surface area contributed by atoms with Gasteiger partial charge in [-0.3, -0.25) is 14.6 Å². The van der Waals surface area contributed by atoms with Crippen molar-refractivity contribution in [3.63, 3.8) is 0 Å². The molecule has 9 rings (SSSR count). The number of imidazole rings is 1. The third-order valence-electron chi connectivity index (χ3n) is 14.0. The second-order valence-corrected chi connectivity index (χ2v) is 18.5. The molecule has 16 heteroatoms. The van der Waals surface area contributed by atoms with Crippen LogP contribution in [-0.2, 0) is 42.5 Å². The number of nitrogens with zero attached hydrogens (tertiary/aromatic N) is 4. The molecule has 0 spiro atoms. The number of carbonyl (C=O) groups is 4. The number of nitrogens with one attached hydrogen (secondary N) is 3. The minimum atomic E-state index is -1.22. The largest absolute Gasteiger partial charge is 0.488 e. The zero-order chi connectivity index (χ0) is 45.0. The zero-order valence-electron chi connectivity index (χ0n) is 37.4. The summed E-state index contributed by atoms with van der Waals surface area (Å²) in [5, 5.41) is 7.70. The molecule has 6 atom stereocenters. The van der Waals surface area contributed by atoms with Crippen LogP contribution in [0.4, 0.5) is 15.3 Å². The third kappa shape index (κ3) is 7.73. The molecule has 5 aliphatic rings. The van der Waals surface area contributed by atoms with Gasteiger partial charge in [-0.1, -0.05) is 39.0 Å². The minimum Gasteiger partial charge on any atom is -0.488 e. The molecule has 0 unspecified atom stereocenters. The number of amides is 4. The maximum absolute atomic E-state index is 14.4. The Bertz CT molecular complexity index is 2530. The molecular formula is C48H58N8O8. The van der Waals surface area contributed by atoms with Crippen LogP contribution in [0.5, 0.6) is 5.75 Å². The molecule has 338 valence electrons. The van der Waals surface area contributed by atoms with Crippen molar-refractivity contribution in [3.8, 4) is 28.1 Å². The van der Waals surface area contributed by atoms with Gasteiger partial charge in [0.1, 0.15) is 30.3 Å². The molecule has 4 aromatic rings. The zero-order valence-corrected chi connectivity index (χ0v) is 37.4. The molecule has 16 nitrogen and oxygen atoms in total. The number of H-pyrrole nitrogens is 1. The topological polar surface area (TPSA) is 203 Å². The Labute approximate surface area is 372 Å². The summed E-state index contributed by atoms with van der Waals surface area (Å²) in [4.78, 5) is 69.9. The van der Waals surface area contributed by atoms with E-state index in [1.54, 1.807) is 11.1 Å². The lowest BCUT2D eigenvalue weighted by Crippen LogP contribution is -2.61. The Morgan fingerprint density at radius 1 is 0.953 bits per heavy atom. The van der Waals surface area contributed by atoms with Crippen molar-refractivity contribution in [2.24, 2.45) is 28.5 Å². The first kappa shape index (κ1) is 43.3. The summed E-state index contributed by atoms with van der Waals surface area (Å²) in [5.41, 5.74) is 13.7. The van der Waals surface area contributed by atoms with Crippen molar-refractivity contribution in [3.05, 3.63) is 65.6 Å². The highest BCUT2D eigenvalue weighted by Gasteiger charge is 2.51. The van der Waals surface area contributed by atoms with E-state index >= 15 is 0 Å². The number of aromatic nitrogens is 2. The molecule has 5 N–H and O–H groups in total. The number of rotatable bonds is 9. The van der Waals surface area contributed by atoms with Crippen molar-refractivity contribution in [1.29, 1.82) is 0 Å². The Morgan fingerprint density at radius 3 is 2.47 bits per heavy atom. The van der Waals surface area contributed by atoms with Crippen molar-refractivity contribution < 1.29 is 38.1 Å². The highest BCUT2D eigenvalue weighted by Crippen LogP contribution is 2.45. The van der Waals surface area contributed by atoms with Crippen LogP contribution in [0, 0.1) is 17.8 Å². The number of likely N-dealkylation sites (tertiary alicyclic amines) is 2. The molecule has 5 aliphatic heterocycles. The molecule has 4 amide bonds. The van der Waals surface area contributed by atoms with Gasteiger partial charge < -0.3 is 50.1 Å². The quantitative estimate of drug-likeness (QED) is 0.148. The minimum absolute atomic E-state index is 0.119. The van der Waals surface area contributed by atoms with E-state index in [0.717, 1.165) is 67.9 Å². The Morgan fingerprint density at radius 2 is 1.72 bits per heavy atom. The first-order valence-corrected chi connectivity index (χ1v) is 22.5. The number of methoxy groups -OCH3 is 2. The number of carbonyl (C=O) groups excluding carboxylic acids is 4. The van der Waals surface area contributed by atoms with Gasteiger partial charge in [0, 0.05) is 43.5 Å². The van der Waals surface area contributed by atoms with Crippen LogP contribution in [0.1, 0.15) is 76.8 Å². The Hall–Kier alpha value is -6.00. The van der Waals surface area contributed by atoms with Crippen LogP contribution in [0.25, 0.3) is 33.2 Å². The molecule has 6 heterocycles. The second-order valence-electron chi connectivity index (χ2n) is 18.5. The van der Waals surface area contributed by atoms with Crippen molar-refractivity contribution >= 4 is 46.2 Å². The summed E-state index contributed by atoms with van der Waals surface area (Å²) < 4.78 is 21.8.